The van der Waals surface area contributed by atoms with Crippen LogP contribution < -0.4 is 0 Å². The quantitative estimate of drug-likeness (QED) is 0.882. The average molecular weight is 264 g/mol. The van der Waals surface area contributed by atoms with Crippen molar-refractivity contribution in [1.29, 1.82) is 0 Å². The lowest BCUT2D eigenvalue weighted by atomic mass is 10.1. The Labute approximate surface area is 111 Å². The van der Waals surface area contributed by atoms with Gasteiger partial charge in [0.15, 0.2) is 0 Å². The molecule has 1 amide bonds. The highest BCUT2D eigenvalue weighted by atomic mass is 16.5. The van der Waals surface area contributed by atoms with Crippen LogP contribution in [-0.4, -0.2) is 53.2 Å². The molecule has 102 valence electrons. The maximum absolute atomic E-state index is 12.3. The number of carbonyl (C=O) groups is 2. The molecule has 0 saturated carbocycles. The molecule has 19 heavy (non-hydrogen) atoms. The van der Waals surface area contributed by atoms with Gasteiger partial charge in [0.2, 0.25) is 0 Å². The van der Waals surface area contributed by atoms with E-state index in [1.165, 1.54) is 18.3 Å². The minimum Gasteiger partial charge on any atom is -0.477 e. The molecular formula is C13H16N2O4. The fourth-order valence-electron chi connectivity index (χ4n) is 2.12. The Morgan fingerprint density at radius 2 is 2.11 bits per heavy atom. The molecule has 0 spiro atoms. The zero-order valence-corrected chi connectivity index (χ0v) is 10.7. The summed E-state index contributed by atoms with van der Waals surface area (Å²) in [5.74, 6) is -1.32. The van der Waals surface area contributed by atoms with Crippen molar-refractivity contribution in [2.75, 3.05) is 20.3 Å². The average Bonchev–Trinajstić information content (AvgIpc) is 2.46. The largest absolute Gasteiger partial charge is 0.477 e. The van der Waals surface area contributed by atoms with Gasteiger partial charge in [-0.25, -0.2) is 9.78 Å². The van der Waals surface area contributed by atoms with Gasteiger partial charge < -0.3 is 14.7 Å². The van der Waals surface area contributed by atoms with Crippen LogP contribution in [0.15, 0.2) is 18.3 Å². The summed E-state index contributed by atoms with van der Waals surface area (Å²) >= 11 is 0. The van der Waals surface area contributed by atoms with Crippen molar-refractivity contribution < 1.29 is 19.4 Å². The van der Waals surface area contributed by atoms with Gasteiger partial charge in [-0.3, -0.25) is 4.79 Å². The summed E-state index contributed by atoms with van der Waals surface area (Å²) in [6, 6.07) is 2.98. The number of hydrogen-bond donors (Lipinski definition) is 1. The third-order valence-corrected chi connectivity index (χ3v) is 3.28. The number of pyridine rings is 1. The second kappa shape index (κ2) is 5.79. The molecule has 1 aliphatic heterocycles. The van der Waals surface area contributed by atoms with E-state index in [9.17, 15) is 9.59 Å². The molecule has 2 heterocycles. The summed E-state index contributed by atoms with van der Waals surface area (Å²) < 4.78 is 5.26. The molecule has 0 aliphatic carbocycles. The van der Waals surface area contributed by atoms with E-state index in [4.69, 9.17) is 9.84 Å². The van der Waals surface area contributed by atoms with Crippen LogP contribution in [0.3, 0.4) is 0 Å². The smallest absolute Gasteiger partial charge is 0.354 e. The number of carboxylic acid groups (broad SMARTS) is 1. The molecule has 2 rings (SSSR count). The molecule has 1 fully saturated rings. The van der Waals surface area contributed by atoms with Gasteiger partial charge in [-0.05, 0) is 25.0 Å². The van der Waals surface area contributed by atoms with Crippen molar-refractivity contribution in [3.8, 4) is 0 Å². The van der Waals surface area contributed by atoms with Crippen LogP contribution in [0.1, 0.15) is 33.7 Å². The summed E-state index contributed by atoms with van der Waals surface area (Å²) in [4.78, 5) is 28.5. The number of hydrogen-bond acceptors (Lipinski definition) is 4. The Kier molecular flexibility index (Phi) is 4.11. The molecule has 0 atom stereocenters. The highest BCUT2D eigenvalue weighted by Crippen LogP contribution is 2.16. The molecule has 1 N–H and O–H groups in total. The molecule has 1 saturated heterocycles. The maximum Gasteiger partial charge on any atom is 0.354 e. The number of nitrogens with zero attached hydrogens (tertiary/aromatic N) is 2. The van der Waals surface area contributed by atoms with Gasteiger partial charge in [-0.15, -0.1) is 0 Å². The zero-order chi connectivity index (χ0) is 13.8. The normalized spacial score (nSPS) is 16.1. The lowest BCUT2D eigenvalue weighted by Gasteiger charge is -2.31. The maximum atomic E-state index is 12.3. The number of ether oxygens (including phenoxy) is 1. The highest BCUT2D eigenvalue weighted by molar-refractivity contribution is 5.96. The first-order valence-electron chi connectivity index (χ1n) is 6.14. The Morgan fingerprint density at radius 1 is 1.42 bits per heavy atom. The van der Waals surface area contributed by atoms with Gasteiger partial charge in [0.05, 0.1) is 0 Å². The Morgan fingerprint density at radius 3 is 2.74 bits per heavy atom. The van der Waals surface area contributed by atoms with E-state index in [2.05, 4.69) is 4.98 Å². The first-order valence-corrected chi connectivity index (χ1v) is 6.14. The van der Waals surface area contributed by atoms with Crippen LogP contribution in [0.2, 0.25) is 0 Å². The van der Waals surface area contributed by atoms with Crippen LogP contribution in [0, 0.1) is 0 Å². The summed E-state index contributed by atoms with van der Waals surface area (Å²) in [5.41, 5.74) is 0.229. The number of amides is 1. The lowest BCUT2D eigenvalue weighted by molar-refractivity contribution is 0.0362. The Balaban J connectivity index is 2.14. The van der Waals surface area contributed by atoms with Gasteiger partial charge in [0.1, 0.15) is 5.69 Å². The van der Waals surface area contributed by atoms with E-state index in [0.717, 1.165) is 12.8 Å². The summed E-state index contributed by atoms with van der Waals surface area (Å²) in [6.07, 6.45) is 2.95. The Hall–Kier alpha value is -1.95. The van der Waals surface area contributed by atoms with Gasteiger partial charge in [-0.2, -0.15) is 0 Å². The third-order valence-electron chi connectivity index (χ3n) is 3.28. The van der Waals surface area contributed by atoms with Gasteiger partial charge in [0, 0.05) is 38.1 Å². The fourth-order valence-corrected chi connectivity index (χ4v) is 2.12. The molecule has 1 aliphatic rings. The van der Waals surface area contributed by atoms with Gasteiger partial charge in [0.25, 0.3) is 5.91 Å². The number of carboxylic acids is 1. The van der Waals surface area contributed by atoms with E-state index in [0.29, 0.717) is 18.8 Å². The van der Waals surface area contributed by atoms with Crippen LogP contribution in [0.25, 0.3) is 0 Å². The molecule has 1 aromatic heterocycles. The molecular weight excluding hydrogens is 248 g/mol. The van der Waals surface area contributed by atoms with Crippen LogP contribution in [0.5, 0.6) is 0 Å². The van der Waals surface area contributed by atoms with E-state index < -0.39 is 5.97 Å². The van der Waals surface area contributed by atoms with Crippen LogP contribution in [-0.2, 0) is 4.74 Å². The predicted octanol–water partition coefficient (Wildman–Crippen LogP) is 1.03. The molecule has 0 unspecified atom stereocenters. The highest BCUT2D eigenvalue weighted by Gasteiger charge is 2.23. The lowest BCUT2D eigenvalue weighted by Crippen LogP contribution is -2.40. The zero-order valence-electron chi connectivity index (χ0n) is 10.7. The predicted molar refractivity (Wildman–Crippen MR) is 67.1 cm³/mol. The number of aromatic carboxylic acids is 1. The van der Waals surface area contributed by atoms with Crippen molar-refractivity contribution in [2.45, 2.75) is 18.9 Å². The minimum atomic E-state index is -1.14. The fraction of sp³-hybridized carbons (Fsp3) is 0.462. The number of carbonyl (C=O) groups excluding carboxylic acids is 1. The summed E-state index contributed by atoms with van der Waals surface area (Å²) in [6.45, 7) is 1.30. The second-order valence-electron chi connectivity index (χ2n) is 4.49. The van der Waals surface area contributed by atoms with Crippen LogP contribution >= 0.6 is 0 Å². The summed E-state index contributed by atoms with van der Waals surface area (Å²) in [5, 5.41) is 8.87. The number of rotatable bonds is 3. The van der Waals surface area contributed by atoms with Crippen molar-refractivity contribution in [3.63, 3.8) is 0 Å². The molecule has 1 aromatic rings. The van der Waals surface area contributed by atoms with Crippen molar-refractivity contribution in [2.24, 2.45) is 0 Å². The minimum absolute atomic E-state index is 0.119. The molecule has 0 aromatic carbocycles. The van der Waals surface area contributed by atoms with Crippen LogP contribution in [0.4, 0.5) is 0 Å². The van der Waals surface area contributed by atoms with Crippen molar-refractivity contribution in [1.82, 2.24) is 9.88 Å². The standard InChI is InChI=1S/C13H16N2O4/c1-15(10-3-6-19-7-4-10)12(16)9-2-5-14-11(8-9)13(17)18/h2,5,8,10H,3-4,6-7H2,1H3,(H,17,18). The van der Waals surface area contributed by atoms with Gasteiger partial charge >= 0.3 is 5.97 Å². The third kappa shape index (κ3) is 3.08. The molecule has 6 heteroatoms. The van der Waals surface area contributed by atoms with Crippen molar-refractivity contribution >= 4 is 11.9 Å². The van der Waals surface area contributed by atoms with Gasteiger partial charge in [-0.1, -0.05) is 0 Å². The first-order chi connectivity index (χ1) is 9.09. The van der Waals surface area contributed by atoms with E-state index in [1.54, 1.807) is 11.9 Å². The van der Waals surface area contributed by atoms with Crippen molar-refractivity contribution in [3.05, 3.63) is 29.6 Å². The monoisotopic (exact) mass is 264 g/mol. The molecule has 0 radical (unpaired) electrons. The molecule has 6 nitrogen and oxygen atoms in total. The van der Waals surface area contributed by atoms with E-state index in [-0.39, 0.29) is 17.6 Å². The SMILES string of the molecule is CN(C(=O)c1ccnc(C(=O)O)c1)C1CCOCC1. The molecule has 0 bridgehead atoms. The Bertz CT molecular complexity index is 483. The topological polar surface area (TPSA) is 79.7 Å². The van der Waals surface area contributed by atoms with E-state index in [1.807, 2.05) is 0 Å². The first kappa shape index (κ1) is 13.5. The second-order valence-corrected chi connectivity index (χ2v) is 4.49. The number of aromatic nitrogens is 1. The van der Waals surface area contributed by atoms with E-state index >= 15 is 0 Å². The summed E-state index contributed by atoms with van der Waals surface area (Å²) in [7, 11) is 1.74.